The van der Waals surface area contributed by atoms with E-state index in [1.165, 1.54) is 0 Å². The highest BCUT2D eigenvalue weighted by Gasteiger charge is 2.31. The fourth-order valence-corrected chi connectivity index (χ4v) is 3.01. The van der Waals surface area contributed by atoms with Crippen molar-refractivity contribution in [2.75, 3.05) is 33.4 Å². The summed E-state index contributed by atoms with van der Waals surface area (Å²) in [4.78, 5) is 14.1. The molecule has 1 atom stereocenters. The monoisotopic (exact) mass is 340 g/mol. The van der Waals surface area contributed by atoms with Crippen LogP contribution in [0.2, 0.25) is 5.02 Å². The summed E-state index contributed by atoms with van der Waals surface area (Å²) in [6.07, 6.45) is 1.35. The molecule has 0 aliphatic carbocycles. The van der Waals surface area contributed by atoms with Crippen LogP contribution in [-0.4, -0.2) is 49.4 Å². The van der Waals surface area contributed by atoms with Crippen molar-refractivity contribution in [1.29, 1.82) is 0 Å². The van der Waals surface area contributed by atoms with E-state index in [1.54, 1.807) is 12.0 Å². The SMILES string of the molecule is CO[C@H](CNC(=O)N1CCC(C)(CO)CC1)c1ccccc1Cl. The van der Waals surface area contributed by atoms with Crippen molar-refractivity contribution in [2.45, 2.75) is 25.9 Å². The summed E-state index contributed by atoms with van der Waals surface area (Å²) >= 11 is 6.18. The number of aliphatic hydroxyl groups excluding tert-OH is 1. The highest BCUT2D eigenvalue weighted by Crippen LogP contribution is 2.30. The van der Waals surface area contributed by atoms with Gasteiger partial charge in [-0.1, -0.05) is 36.7 Å². The molecular formula is C17H25ClN2O3. The van der Waals surface area contributed by atoms with E-state index in [0.29, 0.717) is 24.7 Å². The highest BCUT2D eigenvalue weighted by atomic mass is 35.5. The maximum Gasteiger partial charge on any atom is 0.317 e. The Morgan fingerprint density at radius 2 is 2.09 bits per heavy atom. The first kappa shape index (κ1) is 18.0. The lowest BCUT2D eigenvalue weighted by molar-refractivity contribution is 0.0669. The average molecular weight is 341 g/mol. The smallest absolute Gasteiger partial charge is 0.317 e. The van der Waals surface area contributed by atoms with Crippen LogP contribution in [0.5, 0.6) is 0 Å². The predicted octanol–water partition coefficient (Wildman–Crippen LogP) is 2.83. The predicted molar refractivity (Wildman–Crippen MR) is 90.6 cm³/mol. The number of carbonyl (C=O) groups excluding carboxylic acids is 1. The van der Waals surface area contributed by atoms with Gasteiger partial charge in [-0.2, -0.15) is 0 Å². The molecule has 6 heteroatoms. The molecule has 0 saturated carbocycles. The maximum atomic E-state index is 12.3. The molecule has 0 unspecified atom stereocenters. The molecule has 5 nitrogen and oxygen atoms in total. The van der Waals surface area contributed by atoms with Crippen LogP contribution in [0.1, 0.15) is 31.4 Å². The number of hydrogen-bond donors (Lipinski definition) is 2. The van der Waals surface area contributed by atoms with Crippen molar-refractivity contribution in [1.82, 2.24) is 10.2 Å². The Kier molecular flexibility index (Phi) is 6.27. The number of benzene rings is 1. The number of halogens is 1. The van der Waals surface area contributed by atoms with Crippen LogP contribution >= 0.6 is 11.6 Å². The summed E-state index contributed by atoms with van der Waals surface area (Å²) in [7, 11) is 1.60. The van der Waals surface area contributed by atoms with Crippen molar-refractivity contribution in [3.63, 3.8) is 0 Å². The number of aliphatic hydroxyl groups is 1. The van der Waals surface area contributed by atoms with Crippen LogP contribution in [-0.2, 0) is 4.74 Å². The zero-order valence-corrected chi connectivity index (χ0v) is 14.5. The van der Waals surface area contributed by atoms with Gasteiger partial charge in [0.2, 0.25) is 0 Å². The molecule has 0 spiro atoms. The molecule has 2 amide bonds. The second-order valence-electron chi connectivity index (χ2n) is 6.39. The van der Waals surface area contributed by atoms with E-state index < -0.39 is 0 Å². The fourth-order valence-electron chi connectivity index (χ4n) is 2.76. The molecule has 1 heterocycles. The first-order valence-electron chi connectivity index (χ1n) is 7.90. The Bertz CT molecular complexity index is 530. The van der Waals surface area contributed by atoms with E-state index in [2.05, 4.69) is 12.2 Å². The molecule has 1 fully saturated rings. The molecular weight excluding hydrogens is 316 g/mol. The molecule has 1 aromatic carbocycles. The number of rotatable bonds is 5. The number of methoxy groups -OCH3 is 1. The second-order valence-corrected chi connectivity index (χ2v) is 6.79. The largest absolute Gasteiger partial charge is 0.396 e. The van der Waals surface area contributed by atoms with Crippen molar-refractivity contribution >= 4 is 17.6 Å². The van der Waals surface area contributed by atoms with Gasteiger partial charge in [0.1, 0.15) is 6.10 Å². The normalized spacial score (nSPS) is 18.5. The Hall–Kier alpha value is -1.30. The average Bonchev–Trinajstić information content (AvgIpc) is 2.57. The molecule has 2 rings (SSSR count). The zero-order valence-electron chi connectivity index (χ0n) is 13.7. The van der Waals surface area contributed by atoms with Crippen LogP contribution in [0, 0.1) is 5.41 Å². The highest BCUT2D eigenvalue weighted by molar-refractivity contribution is 6.31. The lowest BCUT2D eigenvalue weighted by Gasteiger charge is -2.38. The van der Waals surface area contributed by atoms with Gasteiger partial charge in [0, 0.05) is 43.9 Å². The molecule has 2 N–H and O–H groups in total. The Balaban J connectivity index is 1.87. The van der Waals surface area contributed by atoms with E-state index in [0.717, 1.165) is 18.4 Å². The Morgan fingerprint density at radius 3 is 2.65 bits per heavy atom. The minimum Gasteiger partial charge on any atom is -0.396 e. The lowest BCUT2D eigenvalue weighted by atomic mass is 9.81. The van der Waals surface area contributed by atoms with E-state index in [1.807, 2.05) is 24.3 Å². The van der Waals surface area contributed by atoms with Crippen molar-refractivity contribution in [2.24, 2.45) is 5.41 Å². The van der Waals surface area contributed by atoms with E-state index in [4.69, 9.17) is 16.3 Å². The number of likely N-dealkylation sites (tertiary alicyclic amines) is 1. The number of amides is 2. The summed E-state index contributed by atoms with van der Waals surface area (Å²) in [5.74, 6) is 0. The Labute approximate surface area is 142 Å². The number of nitrogens with one attached hydrogen (secondary N) is 1. The third-order valence-electron chi connectivity index (χ3n) is 4.61. The summed E-state index contributed by atoms with van der Waals surface area (Å²) in [6.45, 7) is 3.91. The van der Waals surface area contributed by atoms with Gasteiger partial charge in [-0.05, 0) is 24.3 Å². The summed E-state index contributed by atoms with van der Waals surface area (Å²) in [6, 6.07) is 7.37. The number of hydrogen-bond acceptors (Lipinski definition) is 3. The quantitative estimate of drug-likeness (QED) is 0.866. The van der Waals surface area contributed by atoms with Crippen LogP contribution in [0.15, 0.2) is 24.3 Å². The molecule has 0 bridgehead atoms. The summed E-state index contributed by atoms with van der Waals surface area (Å²) < 4.78 is 5.45. The topological polar surface area (TPSA) is 61.8 Å². The summed E-state index contributed by atoms with van der Waals surface area (Å²) in [5.41, 5.74) is 0.798. The van der Waals surface area contributed by atoms with Gasteiger partial charge < -0.3 is 20.1 Å². The molecule has 23 heavy (non-hydrogen) atoms. The van der Waals surface area contributed by atoms with Gasteiger partial charge >= 0.3 is 6.03 Å². The van der Waals surface area contributed by atoms with Crippen LogP contribution in [0.3, 0.4) is 0 Å². The first-order chi connectivity index (χ1) is 11.0. The molecule has 1 saturated heterocycles. The van der Waals surface area contributed by atoms with Gasteiger partial charge in [0.15, 0.2) is 0 Å². The molecule has 128 valence electrons. The van der Waals surface area contributed by atoms with Crippen molar-refractivity contribution in [3.05, 3.63) is 34.9 Å². The standard InChI is InChI=1S/C17H25ClN2O3/c1-17(12-21)7-9-20(10-8-17)16(22)19-11-15(23-2)13-5-3-4-6-14(13)18/h3-6,15,21H,7-12H2,1-2H3,(H,19,22)/t15-/m1/s1. The molecule has 0 aromatic heterocycles. The number of urea groups is 1. The summed E-state index contributed by atoms with van der Waals surface area (Å²) in [5, 5.41) is 12.9. The fraction of sp³-hybridized carbons (Fsp3) is 0.588. The minimum atomic E-state index is -0.278. The lowest BCUT2D eigenvalue weighted by Crippen LogP contribution is -2.48. The molecule has 1 aliphatic rings. The van der Waals surface area contributed by atoms with E-state index >= 15 is 0 Å². The number of nitrogens with zero attached hydrogens (tertiary/aromatic N) is 1. The van der Waals surface area contributed by atoms with E-state index in [9.17, 15) is 9.90 Å². The first-order valence-corrected chi connectivity index (χ1v) is 8.28. The zero-order chi connectivity index (χ0) is 16.9. The third-order valence-corrected chi connectivity index (χ3v) is 4.96. The van der Waals surface area contributed by atoms with Gasteiger partial charge in [-0.25, -0.2) is 4.79 Å². The number of piperidine rings is 1. The van der Waals surface area contributed by atoms with Crippen LogP contribution in [0.25, 0.3) is 0 Å². The van der Waals surface area contributed by atoms with E-state index in [-0.39, 0.29) is 24.2 Å². The van der Waals surface area contributed by atoms with Gasteiger partial charge in [-0.3, -0.25) is 0 Å². The Morgan fingerprint density at radius 1 is 1.43 bits per heavy atom. The molecule has 1 aromatic rings. The van der Waals surface area contributed by atoms with Gasteiger partial charge in [0.25, 0.3) is 0 Å². The van der Waals surface area contributed by atoms with Crippen LogP contribution in [0.4, 0.5) is 4.79 Å². The van der Waals surface area contributed by atoms with Crippen LogP contribution < -0.4 is 5.32 Å². The number of ether oxygens (including phenoxy) is 1. The maximum absolute atomic E-state index is 12.3. The number of carbonyl (C=O) groups is 1. The second kappa shape index (κ2) is 7.99. The molecule has 0 radical (unpaired) electrons. The minimum absolute atomic E-state index is 0.0661. The third kappa shape index (κ3) is 4.59. The molecule has 1 aliphatic heterocycles. The van der Waals surface area contributed by atoms with Gasteiger partial charge in [-0.15, -0.1) is 0 Å². The van der Waals surface area contributed by atoms with Crippen molar-refractivity contribution in [3.8, 4) is 0 Å². The van der Waals surface area contributed by atoms with Crippen molar-refractivity contribution < 1.29 is 14.6 Å². The van der Waals surface area contributed by atoms with Gasteiger partial charge in [0.05, 0.1) is 0 Å².